The van der Waals surface area contributed by atoms with E-state index in [4.69, 9.17) is 26.2 Å². The zero-order valence-corrected chi connectivity index (χ0v) is 14.4. The van der Waals surface area contributed by atoms with Crippen LogP contribution in [0.15, 0.2) is 30.3 Å². The number of hydrogen-bond donors (Lipinski definition) is 2. The van der Waals surface area contributed by atoms with Gasteiger partial charge < -0.3 is 19.9 Å². The average Bonchev–Trinajstić information content (AvgIpc) is 3.03. The highest BCUT2D eigenvalue weighted by molar-refractivity contribution is 7.13. The number of carbonyl (C=O) groups is 2. The number of thiophene rings is 1. The summed E-state index contributed by atoms with van der Waals surface area (Å²) < 4.78 is 10.4. The van der Waals surface area contributed by atoms with Crippen LogP contribution in [0.4, 0.5) is 0 Å². The van der Waals surface area contributed by atoms with Gasteiger partial charge >= 0.3 is 5.97 Å². The number of nitrogens with one attached hydrogen (secondary N) is 1. The minimum Gasteiger partial charge on any atom is -0.490 e. The third-order valence-electron chi connectivity index (χ3n) is 3.03. The van der Waals surface area contributed by atoms with Crippen LogP contribution in [0.25, 0.3) is 0 Å². The van der Waals surface area contributed by atoms with Crippen LogP contribution in [0.1, 0.15) is 24.9 Å². The van der Waals surface area contributed by atoms with Gasteiger partial charge in [-0.1, -0.05) is 11.6 Å². The van der Waals surface area contributed by atoms with Crippen molar-refractivity contribution in [3.63, 3.8) is 0 Å². The first-order valence-corrected chi connectivity index (χ1v) is 8.22. The molecule has 1 heterocycles. The highest BCUT2D eigenvalue weighted by Crippen LogP contribution is 2.23. The molecular formula is C16H16ClNO5S. The van der Waals surface area contributed by atoms with Crippen LogP contribution in [0.2, 0.25) is 5.02 Å². The average molecular weight is 370 g/mol. The molecule has 0 saturated carbocycles. The van der Waals surface area contributed by atoms with E-state index < -0.39 is 5.97 Å². The first-order chi connectivity index (χ1) is 11.5. The number of aromatic carboxylic acids is 1. The van der Waals surface area contributed by atoms with Gasteiger partial charge in [0.05, 0.1) is 18.7 Å². The van der Waals surface area contributed by atoms with Crippen molar-refractivity contribution in [3.8, 4) is 5.75 Å². The molecule has 0 fully saturated rings. The Bertz CT molecular complexity index is 731. The van der Waals surface area contributed by atoms with E-state index in [0.717, 1.165) is 16.2 Å². The third kappa shape index (κ3) is 4.95. The van der Waals surface area contributed by atoms with Crippen LogP contribution < -0.4 is 10.1 Å². The second-order valence-electron chi connectivity index (χ2n) is 4.74. The molecule has 24 heavy (non-hydrogen) atoms. The van der Waals surface area contributed by atoms with Crippen molar-refractivity contribution in [3.05, 3.63) is 50.7 Å². The molecule has 0 unspecified atom stereocenters. The number of carboxylic acid groups (broad SMARTS) is 1. The topological polar surface area (TPSA) is 84.9 Å². The normalized spacial score (nSPS) is 10.4. The van der Waals surface area contributed by atoms with Gasteiger partial charge in [-0.3, -0.25) is 4.79 Å². The smallest absolute Gasteiger partial charge is 0.345 e. The number of rotatable bonds is 8. The molecule has 1 aromatic heterocycles. The van der Waals surface area contributed by atoms with E-state index in [1.165, 1.54) is 12.1 Å². The summed E-state index contributed by atoms with van der Waals surface area (Å²) >= 11 is 7.07. The fourth-order valence-corrected chi connectivity index (χ4v) is 2.85. The molecule has 2 N–H and O–H groups in total. The molecule has 0 aliphatic carbocycles. The van der Waals surface area contributed by atoms with Crippen molar-refractivity contribution in [2.45, 2.75) is 6.54 Å². The molecule has 128 valence electrons. The number of amides is 1. The van der Waals surface area contributed by atoms with Crippen molar-refractivity contribution in [1.82, 2.24) is 5.32 Å². The molecule has 8 heteroatoms. The van der Waals surface area contributed by atoms with E-state index >= 15 is 0 Å². The molecule has 1 aromatic carbocycles. The Morgan fingerprint density at radius 1 is 1.25 bits per heavy atom. The van der Waals surface area contributed by atoms with E-state index in [2.05, 4.69) is 5.32 Å². The maximum Gasteiger partial charge on any atom is 0.345 e. The molecule has 0 radical (unpaired) electrons. The largest absolute Gasteiger partial charge is 0.490 e. The molecule has 2 aromatic rings. The maximum absolute atomic E-state index is 12.4. The van der Waals surface area contributed by atoms with Crippen molar-refractivity contribution in [2.24, 2.45) is 0 Å². The molecule has 6 nitrogen and oxygen atoms in total. The lowest BCUT2D eigenvalue weighted by Gasteiger charge is -2.11. The van der Waals surface area contributed by atoms with Crippen molar-refractivity contribution in [1.29, 1.82) is 0 Å². The van der Waals surface area contributed by atoms with Gasteiger partial charge in [0.2, 0.25) is 0 Å². The predicted molar refractivity (Wildman–Crippen MR) is 91.3 cm³/mol. The number of ether oxygens (including phenoxy) is 2. The van der Waals surface area contributed by atoms with Crippen LogP contribution in [0.3, 0.4) is 0 Å². The minimum absolute atomic E-state index is 0.223. The van der Waals surface area contributed by atoms with E-state index in [1.807, 2.05) is 0 Å². The zero-order chi connectivity index (χ0) is 17.5. The Morgan fingerprint density at radius 2 is 2.04 bits per heavy atom. The predicted octanol–water partition coefficient (Wildman–Crippen LogP) is 3.05. The summed E-state index contributed by atoms with van der Waals surface area (Å²) in [6.07, 6.45) is 0. The van der Waals surface area contributed by atoms with E-state index in [1.54, 1.807) is 25.3 Å². The first kappa shape index (κ1) is 18.3. The number of halogens is 1. The SMILES string of the molecule is COCCOc1ccc(Cl)cc1C(=O)NCc1ccc(C(=O)O)s1. The Labute approximate surface area is 148 Å². The van der Waals surface area contributed by atoms with Crippen LogP contribution >= 0.6 is 22.9 Å². The summed E-state index contributed by atoms with van der Waals surface area (Å²) in [4.78, 5) is 24.2. The molecule has 2 rings (SSSR count). The van der Waals surface area contributed by atoms with Crippen molar-refractivity contribution in [2.75, 3.05) is 20.3 Å². The number of carbonyl (C=O) groups excluding carboxylic acids is 1. The summed E-state index contributed by atoms with van der Waals surface area (Å²) in [7, 11) is 1.56. The monoisotopic (exact) mass is 369 g/mol. The summed E-state index contributed by atoms with van der Waals surface area (Å²) in [6.45, 7) is 0.933. The number of carboxylic acids is 1. The van der Waals surface area contributed by atoms with Crippen LogP contribution in [0.5, 0.6) is 5.75 Å². The molecule has 0 bridgehead atoms. The summed E-state index contributed by atoms with van der Waals surface area (Å²) in [6, 6.07) is 7.96. The molecule has 0 aliphatic heterocycles. The fraction of sp³-hybridized carbons (Fsp3) is 0.250. The Kier molecular flexibility index (Phi) is 6.60. The second kappa shape index (κ2) is 8.68. The maximum atomic E-state index is 12.4. The molecule has 0 spiro atoms. The summed E-state index contributed by atoms with van der Waals surface area (Å²) in [5.74, 6) is -0.928. The van der Waals surface area contributed by atoms with Gasteiger partial charge in [0, 0.05) is 17.0 Å². The van der Waals surface area contributed by atoms with E-state index in [-0.39, 0.29) is 17.3 Å². The Morgan fingerprint density at radius 3 is 2.71 bits per heavy atom. The minimum atomic E-state index is -0.985. The number of hydrogen-bond acceptors (Lipinski definition) is 5. The van der Waals surface area contributed by atoms with Gasteiger partial charge in [-0.15, -0.1) is 11.3 Å². The Hall–Kier alpha value is -2.09. The highest BCUT2D eigenvalue weighted by Gasteiger charge is 2.14. The molecule has 1 amide bonds. The van der Waals surface area contributed by atoms with Crippen LogP contribution in [-0.4, -0.2) is 37.3 Å². The molecule has 0 aliphatic rings. The fourth-order valence-electron chi connectivity index (χ4n) is 1.89. The molecule has 0 saturated heterocycles. The van der Waals surface area contributed by atoms with Gasteiger partial charge in [-0.05, 0) is 30.3 Å². The van der Waals surface area contributed by atoms with Crippen LogP contribution in [-0.2, 0) is 11.3 Å². The first-order valence-electron chi connectivity index (χ1n) is 7.02. The standard InChI is InChI=1S/C16H16ClNO5S/c1-22-6-7-23-13-4-2-10(17)8-12(13)15(19)18-9-11-3-5-14(24-11)16(20)21/h2-5,8H,6-7,9H2,1H3,(H,18,19)(H,20,21). The van der Waals surface area contributed by atoms with Crippen molar-refractivity contribution >= 4 is 34.8 Å². The second-order valence-corrected chi connectivity index (χ2v) is 6.34. The molecular weight excluding hydrogens is 354 g/mol. The number of methoxy groups -OCH3 is 1. The lowest BCUT2D eigenvalue weighted by molar-refractivity contribution is 0.0702. The van der Waals surface area contributed by atoms with Crippen LogP contribution in [0, 0.1) is 0 Å². The summed E-state index contributed by atoms with van der Waals surface area (Å²) in [5, 5.41) is 12.1. The van der Waals surface area contributed by atoms with E-state index in [0.29, 0.717) is 29.5 Å². The zero-order valence-electron chi connectivity index (χ0n) is 12.9. The summed E-state index contributed by atoms with van der Waals surface area (Å²) in [5.41, 5.74) is 0.314. The molecule has 0 atom stereocenters. The lowest BCUT2D eigenvalue weighted by Crippen LogP contribution is -2.23. The van der Waals surface area contributed by atoms with Crippen molar-refractivity contribution < 1.29 is 24.2 Å². The van der Waals surface area contributed by atoms with Gasteiger partial charge in [0.25, 0.3) is 5.91 Å². The van der Waals surface area contributed by atoms with Gasteiger partial charge in [-0.2, -0.15) is 0 Å². The van der Waals surface area contributed by atoms with Gasteiger partial charge in [-0.25, -0.2) is 4.79 Å². The highest BCUT2D eigenvalue weighted by atomic mass is 35.5. The third-order valence-corrected chi connectivity index (χ3v) is 4.34. The van der Waals surface area contributed by atoms with E-state index in [9.17, 15) is 9.59 Å². The number of benzene rings is 1. The lowest BCUT2D eigenvalue weighted by atomic mass is 10.2. The van der Waals surface area contributed by atoms with Gasteiger partial charge in [0.15, 0.2) is 0 Å². The Balaban J connectivity index is 2.04. The quantitative estimate of drug-likeness (QED) is 0.698. The van der Waals surface area contributed by atoms with Gasteiger partial charge in [0.1, 0.15) is 17.2 Å².